The Balaban J connectivity index is 1.92. The van der Waals surface area contributed by atoms with Crippen LogP contribution in [0.25, 0.3) is 10.9 Å². The van der Waals surface area contributed by atoms with Crippen LogP contribution < -0.4 is 5.32 Å². The van der Waals surface area contributed by atoms with Crippen molar-refractivity contribution in [2.45, 2.75) is 18.5 Å². The summed E-state index contributed by atoms with van der Waals surface area (Å²) in [5.41, 5.74) is 3.30. The first-order valence-corrected chi connectivity index (χ1v) is 8.27. The Hall–Kier alpha value is -3.19. The molecule has 3 aromatic rings. The molecule has 2 heterocycles. The lowest BCUT2D eigenvalue weighted by molar-refractivity contribution is -0.385. The van der Waals surface area contributed by atoms with Gasteiger partial charge in [-0.25, -0.2) is 0 Å². The van der Waals surface area contributed by atoms with Crippen molar-refractivity contribution >= 4 is 22.6 Å². The Bertz CT molecular complexity index is 1010. The number of hydrogen-bond acceptors (Lipinski definition) is 5. The van der Waals surface area contributed by atoms with E-state index in [-0.39, 0.29) is 11.7 Å². The van der Waals surface area contributed by atoms with Crippen LogP contribution >= 0.6 is 0 Å². The Kier molecular flexibility index (Phi) is 3.93. The van der Waals surface area contributed by atoms with E-state index >= 15 is 0 Å². The number of ether oxygens (including phenoxy) is 1. The summed E-state index contributed by atoms with van der Waals surface area (Å²) in [4.78, 5) is 26.7. The van der Waals surface area contributed by atoms with Gasteiger partial charge in [-0.15, -0.1) is 0 Å². The van der Waals surface area contributed by atoms with E-state index < -0.39 is 17.0 Å². The highest BCUT2D eigenvalue weighted by atomic mass is 16.6. The summed E-state index contributed by atoms with van der Waals surface area (Å²) in [5.74, 6) is -0.385. The third kappa shape index (κ3) is 2.53. The van der Waals surface area contributed by atoms with Crippen LogP contribution in [0.3, 0.4) is 0 Å². The van der Waals surface area contributed by atoms with E-state index in [1.54, 1.807) is 18.2 Å². The van der Waals surface area contributed by atoms with E-state index in [2.05, 4.69) is 10.3 Å². The number of para-hydroxylation sites is 2. The van der Waals surface area contributed by atoms with E-state index in [1.165, 1.54) is 13.2 Å². The summed E-state index contributed by atoms with van der Waals surface area (Å²) in [6.07, 6.45) is 0.461. The predicted molar refractivity (Wildman–Crippen MR) is 95.9 cm³/mol. The van der Waals surface area contributed by atoms with E-state index in [0.29, 0.717) is 12.0 Å². The topological polar surface area (TPSA) is 97.3 Å². The molecule has 7 heteroatoms. The molecule has 0 amide bonds. The van der Waals surface area contributed by atoms with Crippen molar-refractivity contribution in [3.05, 3.63) is 75.5 Å². The fourth-order valence-corrected chi connectivity index (χ4v) is 3.67. The average molecular weight is 351 g/mol. The van der Waals surface area contributed by atoms with Gasteiger partial charge in [0.15, 0.2) is 0 Å². The number of aromatic amines is 1. The normalized spacial score (nSPS) is 19.1. The molecule has 2 aromatic carbocycles. The Morgan fingerprint density at radius 2 is 1.92 bits per heavy atom. The van der Waals surface area contributed by atoms with Crippen molar-refractivity contribution in [2.24, 2.45) is 0 Å². The van der Waals surface area contributed by atoms with E-state index in [1.807, 2.05) is 24.3 Å². The molecule has 26 heavy (non-hydrogen) atoms. The maximum Gasteiger partial charge on any atom is 0.323 e. The number of methoxy groups -OCH3 is 1. The molecule has 132 valence electrons. The van der Waals surface area contributed by atoms with Crippen molar-refractivity contribution in [1.29, 1.82) is 0 Å². The van der Waals surface area contributed by atoms with Gasteiger partial charge in [0.05, 0.1) is 23.6 Å². The van der Waals surface area contributed by atoms with Crippen molar-refractivity contribution in [1.82, 2.24) is 10.3 Å². The number of carbonyl (C=O) groups excluding carboxylic acids is 1. The van der Waals surface area contributed by atoms with Crippen LogP contribution in [0.2, 0.25) is 0 Å². The second kappa shape index (κ2) is 6.27. The van der Waals surface area contributed by atoms with Gasteiger partial charge in [-0.3, -0.25) is 20.2 Å². The molecule has 1 aliphatic heterocycles. The molecule has 0 spiro atoms. The summed E-state index contributed by atoms with van der Waals surface area (Å²) >= 11 is 0. The van der Waals surface area contributed by atoms with E-state index in [9.17, 15) is 14.9 Å². The lowest BCUT2D eigenvalue weighted by Gasteiger charge is -2.30. The first-order chi connectivity index (χ1) is 12.6. The minimum Gasteiger partial charge on any atom is -0.468 e. The minimum atomic E-state index is -0.573. The zero-order chi connectivity index (χ0) is 18.3. The van der Waals surface area contributed by atoms with E-state index in [0.717, 1.165) is 22.2 Å². The van der Waals surface area contributed by atoms with Crippen LogP contribution in [0, 0.1) is 10.1 Å². The van der Waals surface area contributed by atoms with Crippen molar-refractivity contribution in [3.8, 4) is 0 Å². The number of nitro benzene ring substituents is 1. The third-order valence-corrected chi connectivity index (χ3v) is 4.84. The van der Waals surface area contributed by atoms with Crippen LogP contribution in [-0.2, 0) is 16.0 Å². The molecular weight excluding hydrogens is 334 g/mol. The zero-order valence-corrected chi connectivity index (χ0v) is 14.1. The lowest BCUT2D eigenvalue weighted by atomic mass is 9.89. The number of hydrogen-bond donors (Lipinski definition) is 2. The molecule has 0 bridgehead atoms. The van der Waals surface area contributed by atoms with Crippen LogP contribution in [0.5, 0.6) is 0 Å². The number of nitrogens with one attached hydrogen (secondary N) is 2. The van der Waals surface area contributed by atoms with Gasteiger partial charge in [0.2, 0.25) is 0 Å². The molecule has 2 atom stereocenters. The summed E-state index contributed by atoms with van der Waals surface area (Å²) in [6.45, 7) is 0. The largest absolute Gasteiger partial charge is 0.468 e. The number of aromatic nitrogens is 1. The van der Waals surface area contributed by atoms with Gasteiger partial charge in [0, 0.05) is 29.1 Å². The number of nitrogens with zero attached hydrogens (tertiary/aromatic N) is 1. The molecule has 0 saturated heterocycles. The van der Waals surface area contributed by atoms with Crippen molar-refractivity contribution in [3.63, 3.8) is 0 Å². The Morgan fingerprint density at radius 1 is 1.19 bits per heavy atom. The third-order valence-electron chi connectivity index (χ3n) is 4.84. The zero-order valence-electron chi connectivity index (χ0n) is 14.1. The maximum absolute atomic E-state index is 12.2. The summed E-state index contributed by atoms with van der Waals surface area (Å²) in [5, 5.41) is 15.7. The molecule has 0 radical (unpaired) electrons. The number of carbonyl (C=O) groups is 1. The fraction of sp³-hybridized carbons (Fsp3) is 0.211. The molecule has 7 nitrogen and oxygen atoms in total. The molecule has 0 fully saturated rings. The van der Waals surface area contributed by atoms with Gasteiger partial charge in [-0.1, -0.05) is 36.4 Å². The van der Waals surface area contributed by atoms with Crippen molar-refractivity contribution < 1.29 is 14.5 Å². The standard InChI is InChI=1S/C19H17N3O4/c1-26-19(23)15-10-13-11-6-2-4-8-14(11)20-18(13)17(21-15)12-7-3-5-9-16(12)22(24)25/h2-9,15,17,20-21H,10H2,1H3/t15-,17+/m0/s1. The molecule has 2 N–H and O–H groups in total. The molecule has 0 unspecified atom stereocenters. The van der Waals surface area contributed by atoms with Crippen LogP contribution in [0.1, 0.15) is 22.9 Å². The van der Waals surface area contributed by atoms with Crippen LogP contribution in [0.15, 0.2) is 48.5 Å². The molecule has 1 aliphatic rings. The number of fused-ring (bicyclic) bond motifs is 3. The Morgan fingerprint density at radius 3 is 2.69 bits per heavy atom. The molecule has 4 rings (SSSR count). The fourth-order valence-electron chi connectivity index (χ4n) is 3.67. The van der Waals surface area contributed by atoms with Gasteiger partial charge < -0.3 is 9.72 Å². The summed E-state index contributed by atoms with van der Waals surface area (Å²) < 4.78 is 4.91. The number of benzene rings is 2. The monoisotopic (exact) mass is 351 g/mol. The number of rotatable bonds is 3. The number of H-pyrrole nitrogens is 1. The minimum absolute atomic E-state index is 0.0140. The van der Waals surface area contributed by atoms with Crippen LogP contribution in [0.4, 0.5) is 5.69 Å². The number of esters is 1. The average Bonchev–Trinajstić information content (AvgIpc) is 3.05. The first-order valence-electron chi connectivity index (χ1n) is 8.27. The first kappa shape index (κ1) is 16.3. The molecule has 0 saturated carbocycles. The molecule has 0 aliphatic carbocycles. The van der Waals surface area contributed by atoms with Crippen LogP contribution in [-0.4, -0.2) is 29.0 Å². The number of nitro groups is 1. The van der Waals surface area contributed by atoms with Crippen molar-refractivity contribution in [2.75, 3.05) is 7.11 Å². The Labute approximate surface area is 149 Å². The quantitative estimate of drug-likeness (QED) is 0.430. The highest BCUT2D eigenvalue weighted by Gasteiger charge is 2.36. The molecular formula is C19H17N3O4. The SMILES string of the molecule is COC(=O)[C@@H]1Cc2c([nH]c3ccccc23)[C@@H](c2ccccc2[N+](=O)[O-])N1. The van der Waals surface area contributed by atoms with E-state index in [4.69, 9.17) is 4.74 Å². The summed E-state index contributed by atoms with van der Waals surface area (Å²) in [6, 6.07) is 13.3. The lowest BCUT2D eigenvalue weighted by Crippen LogP contribution is -2.45. The van der Waals surface area contributed by atoms with Gasteiger partial charge in [-0.05, 0) is 11.6 Å². The second-order valence-corrected chi connectivity index (χ2v) is 6.26. The van der Waals surface area contributed by atoms with Gasteiger partial charge in [-0.2, -0.15) is 0 Å². The maximum atomic E-state index is 12.2. The summed E-state index contributed by atoms with van der Waals surface area (Å²) in [7, 11) is 1.34. The van der Waals surface area contributed by atoms with Gasteiger partial charge >= 0.3 is 5.97 Å². The predicted octanol–water partition coefficient (Wildman–Crippen LogP) is 2.85. The highest BCUT2D eigenvalue weighted by molar-refractivity contribution is 5.87. The smallest absolute Gasteiger partial charge is 0.323 e. The second-order valence-electron chi connectivity index (χ2n) is 6.26. The van der Waals surface area contributed by atoms with Gasteiger partial charge in [0.1, 0.15) is 6.04 Å². The highest BCUT2D eigenvalue weighted by Crippen LogP contribution is 2.38. The molecule has 1 aromatic heterocycles. The van der Waals surface area contributed by atoms with Gasteiger partial charge in [0.25, 0.3) is 5.69 Å².